The SMILES string of the molecule is C[Si](C)(C)OCC(F)F. The Hall–Kier alpha value is 0.0369. The summed E-state index contributed by atoms with van der Waals surface area (Å²) < 4.78 is 27.8. The molecule has 0 aromatic heterocycles. The van der Waals surface area contributed by atoms with Crippen molar-refractivity contribution < 1.29 is 13.2 Å². The topological polar surface area (TPSA) is 9.23 Å². The van der Waals surface area contributed by atoms with Crippen LogP contribution in [-0.4, -0.2) is 21.3 Å². The largest absolute Gasteiger partial charge is 0.412 e. The predicted octanol–water partition coefficient (Wildman–Crippen LogP) is 2.10. The van der Waals surface area contributed by atoms with Crippen molar-refractivity contribution in [3.63, 3.8) is 0 Å². The van der Waals surface area contributed by atoms with Crippen LogP contribution in [0.4, 0.5) is 8.78 Å². The minimum atomic E-state index is -2.32. The molecule has 9 heavy (non-hydrogen) atoms. The van der Waals surface area contributed by atoms with Crippen molar-refractivity contribution in [1.29, 1.82) is 0 Å². The molecule has 56 valence electrons. The van der Waals surface area contributed by atoms with Crippen LogP contribution in [0.3, 0.4) is 0 Å². The number of hydrogen-bond acceptors (Lipinski definition) is 1. The van der Waals surface area contributed by atoms with Gasteiger partial charge in [-0.1, -0.05) is 0 Å². The number of alkyl halides is 2. The fraction of sp³-hybridized carbons (Fsp3) is 1.00. The van der Waals surface area contributed by atoms with Crippen LogP contribution in [0.5, 0.6) is 0 Å². The van der Waals surface area contributed by atoms with Crippen molar-refractivity contribution in [3.8, 4) is 0 Å². The molecule has 0 fully saturated rings. The van der Waals surface area contributed by atoms with Gasteiger partial charge in [0.05, 0.1) is 6.61 Å². The van der Waals surface area contributed by atoms with Crippen LogP contribution < -0.4 is 0 Å². The van der Waals surface area contributed by atoms with Gasteiger partial charge in [-0.25, -0.2) is 8.78 Å². The lowest BCUT2D eigenvalue weighted by atomic mass is 10.8. The summed E-state index contributed by atoms with van der Waals surface area (Å²) in [5.41, 5.74) is 0. The third-order valence-corrected chi connectivity index (χ3v) is 1.68. The Morgan fingerprint density at radius 2 is 1.78 bits per heavy atom. The molecule has 0 saturated heterocycles. The molecule has 0 unspecified atom stereocenters. The molecule has 0 aromatic carbocycles. The van der Waals surface area contributed by atoms with Crippen molar-refractivity contribution in [2.75, 3.05) is 6.61 Å². The maximum absolute atomic E-state index is 11.5. The van der Waals surface area contributed by atoms with Crippen LogP contribution >= 0.6 is 0 Å². The first kappa shape index (κ1) is 9.04. The molecule has 0 aliphatic heterocycles. The first-order chi connectivity index (χ1) is 3.92. The average Bonchev–Trinajstić information content (AvgIpc) is 1.59. The number of rotatable bonds is 3. The summed E-state index contributed by atoms with van der Waals surface area (Å²) in [5, 5.41) is 0. The van der Waals surface area contributed by atoms with Gasteiger partial charge in [0.15, 0.2) is 8.32 Å². The Labute approximate surface area is 55.1 Å². The highest BCUT2D eigenvalue weighted by Gasteiger charge is 2.16. The lowest BCUT2D eigenvalue weighted by molar-refractivity contribution is 0.0784. The van der Waals surface area contributed by atoms with Gasteiger partial charge in [-0.05, 0) is 19.6 Å². The first-order valence-electron chi connectivity index (χ1n) is 2.84. The molecule has 0 atom stereocenters. The molecule has 0 bridgehead atoms. The molecular formula is C5H12F2OSi. The van der Waals surface area contributed by atoms with Crippen LogP contribution in [0.25, 0.3) is 0 Å². The Morgan fingerprint density at radius 1 is 1.33 bits per heavy atom. The molecule has 0 aromatic rings. The third kappa shape index (κ3) is 8.04. The second kappa shape index (κ2) is 3.27. The van der Waals surface area contributed by atoms with Crippen molar-refractivity contribution in [1.82, 2.24) is 0 Å². The fourth-order valence-corrected chi connectivity index (χ4v) is 0.939. The van der Waals surface area contributed by atoms with E-state index < -0.39 is 21.3 Å². The Morgan fingerprint density at radius 3 is 1.89 bits per heavy atom. The van der Waals surface area contributed by atoms with E-state index in [4.69, 9.17) is 4.43 Å². The van der Waals surface area contributed by atoms with E-state index in [9.17, 15) is 8.78 Å². The maximum Gasteiger partial charge on any atom is 0.260 e. The van der Waals surface area contributed by atoms with E-state index in [0.717, 1.165) is 0 Å². The van der Waals surface area contributed by atoms with E-state index in [2.05, 4.69) is 0 Å². The zero-order chi connectivity index (χ0) is 7.49. The summed E-state index contributed by atoms with van der Waals surface area (Å²) in [4.78, 5) is 0. The van der Waals surface area contributed by atoms with E-state index >= 15 is 0 Å². The molecule has 4 heteroatoms. The molecule has 0 saturated carbocycles. The lowest BCUT2D eigenvalue weighted by Gasteiger charge is -2.15. The summed E-state index contributed by atoms with van der Waals surface area (Å²) in [6.45, 7) is 5.25. The summed E-state index contributed by atoms with van der Waals surface area (Å²) >= 11 is 0. The molecule has 0 heterocycles. The summed E-state index contributed by atoms with van der Waals surface area (Å²) in [6, 6.07) is 0. The van der Waals surface area contributed by atoms with Gasteiger partial charge < -0.3 is 4.43 Å². The predicted molar refractivity (Wildman–Crippen MR) is 35.3 cm³/mol. The highest BCUT2D eigenvalue weighted by atomic mass is 28.4. The van der Waals surface area contributed by atoms with E-state index in [0.29, 0.717) is 0 Å². The van der Waals surface area contributed by atoms with Crippen molar-refractivity contribution in [2.24, 2.45) is 0 Å². The molecule has 0 spiro atoms. The second-order valence-electron chi connectivity index (χ2n) is 2.81. The van der Waals surface area contributed by atoms with E-state index in [1.54, 1.807) is 0 Å². The normalized spacial score (nSPS) is 12.7. The average molecular weight is 154 g/mol. The Balaban J connectivity index is 3.28. The maximum atomic E-state index is 11.5. The zero-order valence-electron chi connectivity index (χ0n) is 5.95. The van der Waals surface area contributed by atoms with Crippen molar-refractivity contribution in [3.05, 3.63) is 0 Å². The molecule has 0 amide bonds. The van der Waals surface area contributed by atoms with E-state index in [1.807, 2.05) is 19.6 Å². The van der Waals surface area contributed by atoms with Crippen molar-refractivity contribution >= 4 is 8.32 Å². The van der Waals surface area contributed by atoms with Crippen LogP contribution in [0.2, 0.25) is 19.6 Å². The fourth-order valence-electron chi connectivity index (χ4n) is 0.313. The quantitative estimate of drug-likeness (QED) is 0.566. The van der Waals surface area contributed by atoms with E-state index in [-0.39, 0.29) is 0 Å². The summed E-state index contributed by atoms with van der Waals surface area (Å²) in [7, 11) is -1.70. The van der Waals surface area contributed by atoms with Gasteiger partial charge in [-0.3, -0.25) is 0 Å². The standard InChI is InChI=1S/C5H12F2OSi/c1-9(2,3)8-4-5(6)7/h5H,4H2,1-3H3. The highest BCUT2D eigenvalue weighted by molar-refractivity contribution is 6.69. The first-order valence-corrected chi connectivity index (χ1v) is 6.25. The van der Waals surface area contributed by atoms with Gasteiger partial charge in [0.2, 0.25) is 0 Å². The Bertz CT molecular complexity index is 79.5. The molecular weight excluding hydrogens is 142 g/mol. The minimum absolute atomic E-state index is 0.407. The second-order valence-corrected chi connectivity index (χ2v) is 7.33. The summed E-state index contributed by atoms with van der Waals surface area (Å²) in [6.07, 6.45) is -2.32. The molecule has 0 radical (unpaired) electrons. The molecule has 0 rings (SSSR count). The van der Waals surface area contributed by atoms with Crippen molar-refractivity contribution in [2.45, 2.75) is 26.1 Å². The van der Waals surface area contributed by atoms with Crippen LogP contribution in [0.15, 0.2) is 0 Å². The van der Waals surface area contributed by atoms with Crippen LogP contribution in [0.1, 0.15) is 0 Å². The molecule has 1 nitrogen and oxygen atoms in total. The van der Waals surface area contributed by atoms with Gasteiger partial charge in [-0.2, -0.15) is 0 Å². The number of halogens is 2. The van der Waals surface area contributed by atoms with Gasteiger partial charge in [0.25, 0.3) is 6.43 Å². The monoisotopic (exact) mass is 154 g/mol. The van der Waals surface area contributed by atoms with Gasteiger partial charge in [0.1, 0.15) is 0 Å². The van der Waals surface area contributed by atoms with Gasteiger partial charge in [0, 0.05) is 0 Å². The van der Waals surface area contributed by atoms with E-state index in [1.165, 1.54) is 0 Å². The molecule has 0 aliphatic rings. The zero-order valence-corrected chi connectivity index (χ0v) is 6.95. The molecule has 0 N–H and O–H groups in total. The van der Waals surface area contributed by atoms with Crippen LogP contribution in [-0.2, 0) is 4.43 Å². The lowest BCUT2D eigenvalue weighted by Crippen LogP contribution is -2.27. The molecule has 0 aliphatic carbocycles. The minimum Gasteiger partial charge on any atom is -0.412 e. The smallest absolute Gasteiger partial charge is 0.260 e. The third-order valence-electron chi connectivity index (χ3n) is 0.642. The number of hydrogen-bond donors (Lipinski definition) is 0. The van der Waals surface area contributed by atoms with Gasteiger partial charge in [-0.15, -0.1) is 0 Å². The summed E-state index contributed by atoms with van der Waals surface area (Å²) in [5.74, 6) is 0. The Kier molecular flexibility index (Phi) is 3.28. The van der Waals surface area contributed by atoms with Gasteiger partial charge >= 0.3 is 0 Å². The van der Waals surface area contributed by atoms with Crippen LogP contribution in [0, 0.1) is 0 Å². The highest BCUT2D eigenvalue weighted by Crippen LogP contribution is 2.04.